The molecule has 0 saturated heterocycles. The molecule has 50 heavy (non-hydrogen) atoms. The van der Waals surface area contributed by atoms with Crippen LogP contribution in [0.3, 0.4) is 0 Å². The summed E-state index contributed by atoms with van der Waals surface area (Å²) in [5, 5.41) is 24.5. The number of benzene rings is 4. The standard InChI is InChI=1S/C40H46F2N2O6/c1-25-27(17-35(41)29-19-37(47-3)33(23-43-13-15-45)38(20-29)48-4)9-7-11-31(25)32-12-8-10-28(26(32)2)18-36(42)30-21-39(49-5)34(24-44-14-16-46)40(22-30)50-6/h7-12,17-22,43-46H,13-16,23-24H2,1-6H3/b35-17-,36-18-. The van der Waals surface area contributed by atoms with Crippen molar-refractivity contribution in [1.29, 1.82) is 0 Å². The van der Waals surface area contributed by atoms with Crippen LogP contribution >= 0.6 is 0 Å². The molecule has 0 amide bonds. The van der Waals surface area contributed by atoms with Crippen molar-refractivity contribution in [2.45, 2.75) is 26.9 Å². The van der Waals surface area contributed by atoms with Crippen molar-refractivity contribution in [3.8, 4) is 34.1 Å². The third-order valence-electron chi connectivity index (χ3n) is 8.55. The van der Waals surface area contributed by atoms with E-state index >= 15 is 8.78 Å². The van der Waals surface area contributed by atoms with E-state index in [9.17, 15) is 0 Å². The first-order chi connectivity index (χ1) is 24.2. The molecule has 0 fully saturated rings. The van der Waals surface area contributed by atoms with Crippen LogP contribution in [0.1, 0.15) is 44.5 Å². The average Bonchev–Trinajstić information content (AvgIpc) is 3.13. The molecule has 10 heteroatoms. The lowest BCUT2D eigenvalue weighted by Gasteiger charge is -2.16. The summed E-state index contributed by atoms with van der Waals surface area (Å²) in [5.41, 5.74) is 6.92. The molecule has 0 spiro atoms. The summed E-state index contributed by atoms with van der Waals surface area (Å²) in [4.78, 5) is 0. The quantitative estimate of drug-likeness (QED) is 0.0689. The van der Waals surface area contributed by atoms with E-state index in [2.05, 4.69) is 10.6 Å². The molecule has 0 atom stereocenters. The summed E-state index contributed by atoms with van der Waals surface area (Å²) >= 11 is 0. The van der Waals surface area contributed by atoms with Crippen LogP contribution in [0.5, 0.6) is 23.0 Å². The Morgan fingerprint density at radius 2 is 0.940 bits per heavy atom. The molecule has 0 aliphatic carbocycles. The minimum absolute atomic E-state index is 0.0123. The summed E-state index contributed by atoms with van der Waals surface area (Å²) < 4.78 is 54.0. The van der Waals surface area contributed by atoms with Gasteiger partial charge in [-0.15, -0.1) is 0 Å². The normalized spacial score (nSPS) is 11.9. The highest BCUT2D eigenvalue weighted by Gasteiger charge is 2.18. The first kappa shape index (κ1) is 38.1. The first-order valence-electron chi connectivity index (χ1n) is 16.3. The molecule has 4 N–H and O–H groups in total. The fourth-order valence-corrected chi connectivity index (χ4v) is 5.82. The summed E-state index contributed by atoms with van der Waals surface area (Å²) in [6.45, 7) is 5.41. The molecule has 8 nitrogen and oxygen atoms in total. The maximum atomic E-state index is 15.9. The lowest BCUT2D eigenvalue weighted by Crippen LogP contribution is -2.18. The second kappa shape index (κ2) is 18.3. The second-order valence-corrected chi connectivity index (χ2v) is 11.5. The molecule has 0 heterocycles. The Bertz CT molecular complexity index is 1660. The Balaban J connectivity index is 1.69. The minimum Gasteiger partial charge on any atom is -0.496 e. The van der Waals surface area contributed by atoms with E-state index in [1.165, 1.54) is 40.6 Å². The molecule has 0 saturated carbocycles. The van der Waals surface area contributed by atoms with Crippen LogP contribution in [0.15, 0.2) is 60.7 Å². The monoisotopic (exact) mass is 688 g/mol. The van der Waals surface area contributed by atoms with Gasteiger partial charge >= 0.3 is 0 Å². The largest absolute Gasteiger partial charge is 0.496 e. The van der Waals surface area contributed by atoms with E-state index in [-0.39, 0.29) is 13.2 Å². The van der Waals surface area contributed by atoms with Crippen molar-refractivity contribution >= 4 is 23.8 Å². The number of aliphatic hydroxyl groups is 2. The van der Waals surface area contributed by atoms with E-state index in [1.54, 1.807) is 24.3 Å². The van der Waals surface area contributed by atoms with Crippen LogP contribution in [0, 0.1) is 13.8 Å². The molecule has 0 aliphatic rings. The Morgan fingerprint density at radius 3 is 1.24 bits per heavy atom. The lowest BCUT2D eigenvalue weighted by atomic mass is 9.91. The molecule has 0 radical (unpaired) electrons. The third-order valence-corrected chi connectivity index (χ3v) is 8.55. The maximum Gasteiger partial charge on any atom is 0.131 e. The zero-order chi connectivity index (χ0) is 36.2. The number of aliphatic hydroxyl groups excluding tert-OH is 2. The Morgan fingerprint density at radius 1 is 0.600 bits per heavy atom. The highest BCUT2D eigenvalue weighted by Crippen LogP contribution is 2.38. The van der Waals surface area contributed by atoms with Gasteiger partial charge in [-0.2, -0.15) is 0 Å². The molecule has 4 aromatic carbocycles. The van der Waals surface area contributed by atoms with Crippen LogP contribution < -0.4 is 29.6 Å². The number of halogens is 2. The summed E-state index contributed by atoms with van der Waals surface area (Å²) in [5.74, 6) is 0.939. The number of hydrogen-bond acceptors (Lipinski definition) is 8. The van der Waals surface area contributed by atoms with Gasteiger partial charge in [-0.05, 0) is 83.6 Å². The van der Waals surface area contributed by atoms with Gasteiger partial charge in [0.15, 0.2) is 0 Å². The molecular weight excluding hydrogens is 642 g/mol. The molecule has 0 aromatic heterocycles. The van der Waals surface area contributed by atoms with E-state index < -0.39 is 11.7 Å². The predicted molar refractivity (Wildman–Crippen MR) is 196 cm³/mol. The van der Waals surface area contributed by atoms with Gasteiger partial charge in [0.1, 0.15) is 34.7 Å². The molecule has 4 rings (SSSR count). The molecular formula is C40H46F2N2O6. The zero-order valence-electron chi connectivity index (χ0n) is 29.5. The topological polar surface area (TPSA) is 101 Å². The average molecular weight is 689 g/mol. The van der Waals surface area contributed by atoms with Gasteiger partial charge in [-0.25, -0.2) is 8.78 Å². The molecule has 0 unspecified atom stereocenters. The third kappa shape index (κ3) is 8.88. The lowest BCUT2D eigenvalue weighted by molar-refractivity contribution is 0.290. The van der Waals surface area contributed by atoms with Crippen molar-refractivity contribution in [2.75, 3.05) is 54.7 Å². The van der Waals surface area contributed by atoms with Crippen LogP contribution in [0.4, 0.5) is 8.78 Å². The van der Waals surface area contributed by atoms with E-state index in [0.29, 0.717) is 71.4 Å². The van der Waals surface area contributed by atoms with E-state index in [0.717, 1.165) is 33.4 Å². The SMILES string of the molecule is COc1cc(/C(F)=C/c2cccc(-c3cccc(/C=C(\F)c4cc(OC)c(CNCCO)c(OC)c4)c3C)c2C)cc(OC)c1CNCCO. The van der Waals surface area contributed by atoms with Gasteiger partial charge in [-0.3, -0.25) is 0 Å². The van der Waals surface area contributed by atoms with Crippen LogP contribution in [-0.2, 0) is 13.1 Å². The number of nitrogens with one attached hydrogen (secondary N) is 2. The van der Waals surface area contributed by atoms with Crippen molar-refractivity contribution in [2.24, 2.45) is 0 Å². The van der Waals surface area contributed by atoms with Crippen LogP contribution in [0.2, 0.25) is 0 Å². The maximum absolute atomic E-state index is 15.9. The van der Waals surface area contributed by atoms with Crippen LogP contribution in [-0.4, -0.2) is 65.0 Å². The summed E-state index contributed by atoms with van der Waals surface area (Å²) in [6, 6.07) is 17.9. The van der Waals surface area contributed by atoms with Gasteiger partial charge in [-0.1, -0.05) is 36.4 Å². The highest BCUT2D eigenvalue weighted by molar-refractivity contribution is 5.85. The van der Waals surface area contributed by atoms with Crippen LogP contribution in [0.25, 0.3) is 34.9 Å². The minimum atomic E-state index is -0.465. The number of methoxy groups -OCH3 is 4. The van der Waals surface area contributed by atoms with Gasteiger partial charge in [0, 0.05) is 48.4 Å². The van der Waals surface area contributed by atoms with Crippen molar-refractivity contribution in [3.05, 3.63) is 105 Å². The number of ether oxygens (including phenoxy) is 4. The van der Waals surface area contributed by atoms with Crippen molar-refractivity contribution in [1.82, 2.24) is 10.6 Å². The van der Waals surface area contributed by atoms with E-state index in [1.807, 2.05) is 50.2 Å². The van der Waals surface area contributed by atoms with Crippen molar-refractivity contribution < 1.29 is 37.9 Å². The van der Waals surface area contributed by atoms with E-state index in [4.69, 9.17) is 29.2 Å². The second-order valence-electron chi connectivity index (χ2n) is 11.5. The fraction of sp³-hybridized carbons (Fsp3) is 0.300. The number of hydrogen-bond donors (Lipinski definition) is 4. The fourth-order valence-electron chi connectivity index (χ4n) is 5.82. The van der Waals surface area contributed by atoms with Gasteiger partial charge < -0.3 is 39.8 Å². The molecule has 0 bridgehead atoms. The molecule has 266 valence electrons. The molecule has 0 aliphatic heterocycles. The summed E-state index contributed by atoms with van der Waals surface area (Å²) in [6.07, 6.45) is 2.97. The zero-order valence-corrected chi connectivity index (χ0v) is 29.5. The van der Waals surface area contributed by atoms with Gasteiger partial charge in [0.05, 0.1) is 41.7 Å². The predicted octanol–water partition coefficient (Wildman–Crippen LogP) is 7.10. The summed E-state index contributed by atoms with van der Waals surface area (Å²) in [7, 11) is 6.07. The van der Waals surface area contributed by atoms with Gasteiger partial charge in [0.25, 0.3) is 0 Å². The van der Waals surface area contributed by atoms with Crippen molar-refractivity contribution in [3.63, 3.8) is 0 Å². The van der Waals surface area contributed by atoms with Gasteiger partial charge in [0.2, 0.25) is 0 Å². The number of rotatable bonds is 17. The first-order valence-corrected chi connectivity index (χ1v) is 16.3. The Labute approximate surface area is 293 Å². The highest BCUT2D eigenvalue weighted by atomic mass is 19.1. The smallest absolute Gasteiger partial charge is 0.131 e. The Kier molecular flexibility index (Phi) is 13.9. The Hall–Kier alpha value is -4.74. The molecule has 4 aromatic rings.